The lowest BCUT2D eigenvalue weighted by Gasteiger charge is -2.09. The minimum absolute atomic E-state index is 0.740. The van der Waals surface area contributed by atoms with Gasteiger partial charge in [-0.05, 0) is 41.4 Å². The van der Waals surface area contributed by atoms with E-state index in [9.17, 15) is 0 Å². The molecule has 0 spiro atoms. The average Bonchev–Trinajstić information content (AvgIpc) is 3.00. The molecule has 2 aromatic heterocycles. The lowest BCUT2D eigenvalue weighted by Crippen LogP contribution is -2.11. The van der Waals surface area contributed by atoms with E-state index in [1.165, 1.54) is 11.1 Å². The summed E-state index contributed by atoms with van der Waals surface area (Å²) in [6, 6.07) is 14.7. The molecule has 0 aliphatic heterocycles. The first-order valence-electron chi connectivity index (χ1n) is 7.13. The molecule has 0 aliphatic rings. The van der Waals surface area contributed by atoms with E-state index in [1.807, 2.05) is 12.1 Å². The van der Waals surface area contributed by atoms with Crippen molar-refractivity contribution in [2.45, 2.75) is 13.5 Å². The molecule has 0 bridgehead atoms. The Balaban J connectivity index is 2.03. The molecule has 3 rings (SSSR count). The van der Waals surface area contributed by atoms with Crippen LogP contribution in [0.1, 0.15) is 12.5 Å². The van der Waals surface area contributed by atoms with Crippen molar-refractivity contribution >= 4 is 5.52 Å². The molecule has 0 radical (unpaired) electrons. The highest BCUT2D eigenvalue weighted by molar-refractivity contribution is 5.71. The van der Waals surface area contributed by atoms with Gasteiger partial charge in [0.2, 0.25) is 5.88 Å². The molecule has 0 amide bonds. The van der Waals surface area contributed by atoms with Gasteiger partial charge in [-0.3, -0.25) is 0 Å². The number of fused-ring (bicyclic) bond motifs is 1. The van der Waals surface area contributed by atoms with Gasteiger partial charge in [-0.1, -0.05) is 25.1 Å². The van der Waals surface area contributed by atoms with Crippen LogP contribution in [-0.4, -0.2) is 23.3 Å². The van der Waals surface area contributed by atoms with Crippen molar-refractivity contribution in [2.24, 2.45) is 0 Å². The number of aromatic nitrogens is 2. The molecular formula is C17H19N3O. The van der Waals surface area contributed by atoms with Crippen LogP contribution in [0.15, 0.2) is 48.7 Å². The molecule has 108 valence electrons. The first-order chi connectivity index (χ1) is 10.3. The Morgan fingerprint density at radius 2 is 2.05 bits per heavy atom. The molecule has 0 saturated carbocycles. The zero-order valence-electron chi connectivity index (χ0n) is 12.3. The van der Waals surface area contributed by atoms with E-state index >= 15 is 0 Å². The highest BCUT2D eigenvalue weighted by Crippen LogP contribution is 2.26. The fourth-order valence-corrected chi connectivity index (χ4v) is 2.44. The highest BCUT2D eigenvalue weighted by atomic mass is 16.5. The normalized spacial score (nSPS) is 11.0. The zero-order valence-corrected chi connectivity index (χ0v) is 12.3. The molecule has 0 saturated heterocycles. The maximum Gasteiger partial charge on any atom is 0.215 e. The minimum atomic E-state index is 0.740. The number of nitrogens with zero attached hydrogens (tertiary/aromatic N) is 2. The van der Waals surface area contributed by atoms with Gasteiger partial charge >= 0.3 is 0 Å². The smallest absolute Gasteiger partial charge is 0.215 e. The van der Waals surface area contributed by atoms with Crippen LogP contribution < -0.4 is 10.1 Å². The van der Waals surface area contributed by atoms with E-state index in [-0.39, 0.29) is 0 Å². The highest BCUT2D eigenvalue weighted by Gasteiger charge is 2.07. The van der Waals surface area contributed by atoms with E-state index in [0.717, 1.165) is 30.0 Å². The standard InChI is InChI=1S/C17H19N3O/c1-3-18-12-13-5-4-6-14(9-13)15-10-16-7-8-19-20(16)17(11-15)21-2/h4-11,18H,3,12H2,1-2H3. The third kappa shape index (κ3) is 2.76. The third-order valence-corrected chi connectivity index (χ3v) is 3.51. The SMILES string of the molecule is CCNCc1cccc(-c2cc(OC)n3nccc3c2)c1. The van der Waals surface area contributed by atoms with Gasteiger partial charge in [-0.2, -0.15) is 5.10 Å². The Kier molecular flexibility index (Phi) is 3.88. The van der Waals surface area contributed by atoms with Crippen LogP contribution in [0, 0.1) is 0 Å². The third-order valence-electron chi connectivity index (χ3n) is 3.51. The van der Waals surface area contributed by atoms with Crippen molar-refractivity contribution in [1.82, 2.24) is 14.9 Å². The summed E-state index contributed by atoms with van der Waals surface area (Å²) in [5.74, 6) is 0.740. The molecular weight excluding hydrogens is 262 g/mol. The summed E-state index contributed by atoms with van der Waals surface area (Å²) in [5.41, 5.74) is 4.63. The minimum Gasteiger partial charge on any atom is -0.481 e. The molecule has 1 N–H and O–H groups in total. The van der Waals surface area contributed by atoms with Crippen molar-refractivity contribution in [3.05, 3.63) is 54.2 Å². The molecule has 3 aromatic rings. The number of nitrogens with one attached hydrogen (secondary N) is 1. The first kappa shape index (κ1) is 13.6. The molecule has 4 heteroatoms. The van der Waals surface area contributed by atoms with E-state index in [2.05, 4.69) is 47.7 Å². The molecule has 0 aliphatic carbocycles. The van der Waals surface area contributed by atoms with Gasteiger partial charge in [-0.15, -0.1) is 0 Å². The molecule has 4 nitrogen and oxygen atoms in total. The lowest BCUT2D eigenvalue weighted by atomic mass is 10.0. The maximum atomic E-state index is 5.43. The molecule has 2 heterocycles. The van der Waals surface area contributed by atoms with Crippen LogP contribution in [0.2, 0.25) is 0 Å². The van der Waals surface area contributed by atoms with Crippen molar-refractivity contribution in [2.75, 3.05) is 13.7 Å². The summed E-state index contributed by atoms with van der Waals surface area (Å²) in [5, 5.41) is 7.62. The Morgan fingerprint density at radius 3 is 2.86 bits per heavy atom. The van der Waals surface area contributed by atoms with Gasteiger partial charge in [0.15, 0.2) is 0 Å². The second kappa shape index (κ2) is 5.97. The molecule has 0 fully saturated rings. The summed E-state index contributed by atoms with van der Waals surface area (Å²) in [7, 11) is 1.67. The monoisotopic (exact) mass is 281 g/mol. The number of ether oxygens (including phenoxy) is 1. The molecule has 1 aromatic carbocycles. The van der Waals surface area contributed by atoms with Crippen LogP contribution in [0.4, 0.5) is 0 Å². The number of pyridine rings is 1. The van der Waals surface area contributed by atoms with Crippen LogP contribution in [0.5, 0.6) is 5.88 Å². The summed E-state index contributed by atoms with van der Waals surface area (Å²) in [4.78, 5) is 0. The summed E-state index contributed by atoms with van der Waals surface area (Å²) < 4.78 is 7.23. The van der Waals surface area contributed by atoms with E-state index < -0.39 is 0 Å². The van der Waals surface area contributed by atoms with Gasteiger partial charge in [0, 0.05) is 12.6 Å². The van der Waals surface area contributed by atoms with Crippen LogP contribution >= 0.6 is 0 Å². The van der Waals surface area contributed by atoms with Gasteiger partial charge in [0.25, 0.3) is 0 Å². The van der Waals surface area contributed by atoms with Gasteiger partial charge in [0.1, 0.15) is 0 Å². The summed E-state index contributed by atoms with van der Waals surface area (Å²) >= 11 is 0. The zero-order chi connectivity index (χ0) is 14.7. The van der Waals surface area contributed by atoms with E-state index in [4.69, 9.17) is 4.74 Å². The van der Waals surface area contributed by atoms with Crippen LogP contribution in [0.3, 0.4) is 0 Å². The largest absolute Gasteiger partial charge is 0.481 e. The average molecular weight is 281 g/mol. The van der Waals surface area contributed by atoms with Crippen LogP contribution in [-0.2, 0) is 6.54 Å². The van der Waals surface area contributed by atoms with Gasteiger partial charge < -0.3 is 10.1 Å². The predicted molar refractivity (Wildman–Crippen MR) is 84.6 cm³/mol. The topological polar surface area (TPSA) is 38.6 Å². The van der Waals surface area contributed by atoms with Crippen molar-refractivity contribution in [3.63, 3.8) is 0 Å². The predicted octanol–water partition coefficient (Wildman–Crippen LogP) is 3.12. The van der Waals surface area contributed by atoms with Gasteiger partial charge in [0.05, 0.1) is 18.8 Å². The fraction of sp³-hybridized carbons (Fsp3) is 0.235. The summed E-state index contributed by atoms with van der Waals surface area (Å²) in [6.07, 6.45) is 1.78. The Labute approximate surface area is 124 Å². The molecule has 0 unspecified atom stereocenters. The fourth-order valence-electron chi connectivity index (χ4n) is 2.44. The molecule has 21 heavy (non-hydrogen) atoms. The second-order valence-corrected chi connectivity index (χ2v) is 4.93. The number of hydrogen-bond donors (Lipinski definition) is 1. The van der Waals surface area contributed by atoms with Crippen molar-refractivity contribution in [3.8, 4) is 17.0 Å². The number of benzene rings is 1. The van der Waals surface area contributed by atoms with Gasteiger partial charge in [-0.25, -0.2) is 4.52 Å². The number of methoxy groups -OCH3 is 1. The lowest BCUT2D eigenvalue weighted by molar-refractivity contribution is 0.386. The summed E-state index contributed by atoms with van der Waals surface area (Å²) in [6.45, 7) is 3.97. The maximum absolute atomic E-state index is 5.43. The van der Waals surface area contributed by atoms with Crippen molar-refractivity contribution < 1.29 is 4.74 Å². The quantitative estimate of drug-likeness (QED) is 0.781. The Hall–Kier alpha value is -2.33. The number of hydrogen-bond acceptors (Lipinski definition) is 3. The second-order valence-electron chi connectivity index (χ2n) is 4.93. The van der Waals surface area contributed by atoms with Crippen LogP contribution in [0.25, 0.3) is 16.6 Å². The first-order valence-corrected chi connectivity index (χ1v) is 7.13. The Bertz CT molecular complexity index is 749. The Morgan fingerprint density at radius 1 is 1.14 bits per heavy atom. The van der Waals surface area contributed by atoms with E-state index in [0.29, 0.717) is 0 Å². The van der Waals surface area contributed by atoms with E-state index in [1.54, 1.807) is 17.8 Å². The molecule has 0 atom stereocenters. The number of rotatable bonds is 5. The van der Waals surface area contributed by atoms with Crippen molar-refractivity contribution in [1.29, 1.82) is 0 Å².